The van der Waals surface area contributed by atoms with Crippen LogP contribution in [-0.4, -0.2) is 48.4 Å². The normalized spacial score (nSPS) is 14.6. The van der Waals surface area contributed by atoms with Crippen LogP contribution in [0.2, 0.25) is 0 Å². The Labute approximate surface area is 200 Å². The van der Waals surface area contributed by atoms with E-state index in [1.807, 2.05) is 53.8 Å². The summed E-state index contributed by atoms with van der Waals surface area (Å²) in [6.45, 7) is 3.12. The van der Waals surface area contributed by atoms with E-state index in [2.05, 4.69) is 5.32 Å². The van der Waals surface area contributed by atoms with Crippen LogP contribution in [0.4, 0.5) is 18.0 Å². The topological polar surface area (TPSA) is 105 Å². The first-order chi connectivity index (χ1) is 16.5. The third-order valence-electron chi connectivity index (χ3n) is 6.00. The van der Waals surface area contributed by atoms with Gasteiger partial charge in [0.1, 0.15) is 12.6 Å². The smallest absolute Gasteiger partial charge is 0.407 e. The average molecular weight is 492 g/mol. The SMILES string of the molecule is CC(C)C(CNC(=O)OCC1c2ccccc2-c2ccccc21)C(=O)NC(CC(F)(F)F)C(=O)O. The summed E-state index contributed by atoms with van der Waals surface area (Å²) >= 11 is 0. The molecule has 0 aromatic heterocycles. The van der Waals surface area contributed by atoms with E-state index >= 15 is 0 Å². The van der Waals surface area contributed by atoms with Gasteiger partial charge in [-0.25, -0.2) is 9.59 Å². The average Bonchev–Trinajstić information content (AvgIpc) is 3.10. The number of carbonyl (C=O) groups excluding carboxylic acids is 2. The molecule has 188 valence electrons. The van der Waals surface area contributed by atoms with Crippen molar-refractivity contribution in [2.75, 3.05) is 13.2 Å². The fourth-order valence-corrected chi connectivity index (χ4v) is 4.18. The van der Waals surface area contributed by atoms with Crippen LogP contribution < -0.4 is 10.6 Å². The van der Waals surface area contributed by atoms with Gasteiger partial charge in [0.05, 0.1) is 12.3 Å². The molecule has 3 N–H and O–H groups in total. The Morgan fingerprint density at radius 3 is 2.03 bits per heavy atom. The highest BCUT2D eigenvalue weighted by molar-refractivity contribution is 5.85. The number of fused-ring (bicyclic) bond motifs is 3. The lowest BCUT2D eigenvalue weighted by atomic mass is 9.94. The zero-order chi connectivity index (χ0) is 25.8. The van der Waals surface area contributed by atoms with E-state index in [1.54, 1.807) is 13.8 Å². The number of carbonyl (C=O) groups is 3. The molecule has 0 saturated heterocycles. The molecule has 0 bridgehead atoms. The van der Waals surface area contributed by atoms with Gasteiger partial charge in [-0.2, -0.15) is 13.2 Å². The van der Waals surface area contributed by atoms with Gasteiger partial charge < -0.3 is 20.5 Å². The van der Waals surface area contributed by atoms with Crippen LogP contribution in [0.15, 0.2) is 48.5 Å². The molecule has 0 heterocycles. The van der Waals surface area contributed by atoms with Crippen LogP contribution in [0.1, 0.15) is 37.3 Å². The number of aliphatic carboxylic acids is 1. The van der Waals surface area contributed by atoms with E-state index in [-0.39, 0.29) is 25.0 Å². The molecule has 2 atom stereocenters. The zero-order valence-electron chi connectivity index (χ0n) is 19.3. The second-order valence-corrected chi connectivity index (χ2v) is 8.78. The lowest BCUT2D eigenvalue weighted by Crippen LogP contribution is -2.49. The van der Waals surface area contributed by atoms with Crippen molar-refractivity contribution >= 4 is 18.0 Å². The van der Waals surface area contributed by atoms with Crippen molar-refractivity contribution in [1.82, 2.24) is 10.6 Å². The molecule has 10 heteroatoms. The number of hydrogen-bond donors (Lipinski definition) is 3. The molecule has 0 spiro atoms. The molecular weight excluding hydrogens is 465 g/mol. The minimum Gasteiger partial charge on any atom is -0.480 e. The predicted octanol–water partition coefficient (Wildman–Crippen LogP) is 4.32. The minimum atomic E-state index is -4.76. The van der Waals surface area contributed by atoms with Gasteiger partial charge >= 0.3 is 18.2 Å². The number of alkyl carbamates (subject to hydrolysis) is 1. The Morgan fingerprint density at radius 2 is 1.54 bits per heavy atom. The molecule has 35 heavy (non-hydrogen) atoms. The summed E-state index contributed by atoms with van der Waals surface area (Å²) in [6, 6.07) is 13.5. The molecule has 2 aromatic carbocycles. The van der Waals surface area contributed by atoms with Gasteiger partial charge in [0.15, 0.2) is 0 Å². The number of carboxylic acids is 1. The Kier molecular flexibility index (Phi) is 8.03. The molecule has 1 aliphatic carbocycles. The molecule has 7 nitrogen and oxygen atoms in total. The van der Waals surface area contributed by atoms with Gasteiger partial charge in [-0.15, -0.1) is 0 Å². The minimum absolute atomic E-state index is 0.0606. The van der Waals surface area contributed by atoms with E-state index in [9.17, 15) is 27.6 Å². The second-order valence-electron chi connectivity index (χ2n) is 8.78. The van der Waals surface area contributed by atoms with Gasteiger partial charge in [-0.05, 0) is 28.2 Å². The second kappa shape index (κ2) is 10.8. The van der Waals surface area contributed by atoms with Gasteiger partial charge in [-0.3, -0.25) is 4.79 Å². The highest BCUT2D eigenvalue weighted by Crippen LogP contribution is 2.44. The van der Waals surface area contributed by atoms with Gasteiger partial charge in [0, 0.05) is 12.5 Å². The summed E-state index contributed by atoms with van der Waals surface area (Å²) < 4.78 is 43.3. The molecule has 0 saturated carbocycles. The van der Waals surface area contributed by atoms with Crippen molar-refractivity contribution in [3.05, 3.63) is 59.7 Å². The summed E-state index contributed by atoms with van der Waals surface area (Å²) in [5.41, 5.74) is 4.21. The Bertz CT molecular complexity index is 1040. The number of nitrogens with one attached hydrogen (secondary N) is 2. The van der Waals surface area contributed by atoms with Crippen LogP contribution in [0.3, 0.4) is 0 Å². The van der Waals surface area contributed by atoms with E-state index in [1.165, 1.54) is 0 Å². The molecule has 1 aliphatic rings. The zero-order valence-corrected chi connectivity index (χ0v) is 19.3. The lowest BCUT2D eigenvalue weighted by molar-refractivity contribution is -0.160. The Morgan fingerprint density at radius 1 is 1.00 bits per heavy atom. The van der Waals surface area contributed by atoms with Crippen molar-refractivity contribution in [2.45, 2.75) is 38.4 Å². The third-order valence-corrected chi connectivity index (χ3v) is 6.00. The highest BCUT2D eigenvalue weighted by atomic mass is 19.4. The monoisotopic (exact) mass is 492 g/mol. The summed E-state index contributed by atoms with van der Waals surface area (Å²) in [4.78, 5) is 36.0. The number of benzene rings is 2. The van der Waals surface area contributed by atoms with Crippen molar-refractivity contribution in [1.29, 1.82) is 0 Å². The van der Waals surface area contributed by atoms with Crippen molar-refractivity contribution in [2.24, 2.45) is 11.8 Å². The number of carboxylic acid groups (broad SMARTS) is 1. The molecule has 2 unspecified atom stereocenters. The van der Waals surface area contributed by atoms with Crippen LogP contribution in [0, 0.1) is 11.8 Å². The number of alkyl halides is 3. The summed E-state index contributed by atoms with van der Waals surface area (Å²) in [5.74, 6) is -4.18. The van der Waals surface area contributed by atoms with Crippen molar-refractivity contribution in [3.63, 3.8) is 0 Å². The van der Waals surface area contributed by atoms with Crippen LogP contribution in [-0.2, 0) is 14.3 Å². The molecule has 2 aromatic rings. The van der Waals surface area contributed by atoms with E-state index in [0.717, 1.165) is 22.3 Å². The molecule has 3 rings (SSSR count). The van der Waals surface area contributed by atoms with Gasteiger partial charge in [-0.1, -0.05) is 62.4 Å². The van der Waals surface area contributed by atoms with Crippen molar-refractivity contribution < 1.29 is 37.4 Å². The maximum absolute atomic E-state index is 12.6. The number of hydrogen-bond acceptors (Lipinski definition) is 4. The molecule has 2 amide bonds. The Hall–Kier alpha value is -3.56. The van der Waals surface area contributed by atoms with E-state index in [4.69, 9.17) is 9.84 Å². The standard InChI is InChI=1S/C25H27F3N2O5/c1-14(2)19(22(31)30-21(23(32)33)11-25(26,27)28)12-29-24(34)35-13-20-17-9-5-3-7-15(17)16-8-4-6-10-18(16)20/h3-10,14,19-21H,11-13H2,1-2H3,(H,29,34)(H,30,31)(H,32,33). The van der Waals surface area contributed by atoms with Gasteiger partial charge in [0.2, 0.25) is 5.91 Å². The van der Waals surface area contributed by atoms with Crippen LogP contribution in [0.5, 0.6) is 0 Å². The first kappa shape index (κ1) is 26.1. The van der Waals surface area contributed by atoms with Crippen molar-refractivity contribution in [3.8, 4) is 11.1 Å². The number of halogens is 3. The number of rotatable bonds is 9. The van der Waals surface area contributed by atoms with Gasteiger partial charge in [0.25, 0.3) is 0 Å². The maximum Gasteiger partial charge on any atom is 0.407 e. The summed E-state index contributed by atoms with van der Waals surface area (Å²) in [6.07, 6.45) is -7.24. The molecular formula is C25H27F3N2O5. The number of amides is 2. The first-order valence-electron chi connectivity index (χ1n) is 11.2. The number of ether oxygens (including phenoxy) is 1. The maximum atomic E-state index is 12.6. The highest BCUT2D eigenvalue weighted by Gasteiger charge is 2.37. The largest absolute Gasteiger partial charge is 0.480 e. The first-order valence-corrected chi connectivity index (χ1v) is 11.2. The summed E-state index contributed by atoms with van der Waals surface area (Å²) in [7, 11) is 0. The quantitative estimate of drug-likeness (QED) is 0.484. The predicted molar refractivity (Wildman–Crippen MR) is 122 cm³/mol. The lowest BCUT2D eigenvalue weighted by Gasteiger charge is -2.24. The molecule has 0 aliphatic heterocycles. The van der Waals surface area contributed by atoms with E-state index < -0.39 is 42.5 Å². The fraction of sp³-hybridized carbons (Fsp3) is 0.400. The summed E-state index contributed by atoms with van der Waals surface area (Å²) in [5, 5.41) is 13.4. The van der Waals surface area contributed by atoms with Crippen LogP contribution in [0.25, 0.3) is 11.1 Å². The molecule has 0 radical (unpaired) electrons. The van der Waals surface area contributed by atoms with Crippen LogP contribution >= 0.6 is 0 Å². The van der Waals surface area contributed by atoms with E-state index in [0.29, 0.717) is 0 Å². The molecule has 0 fully saturated rings. The fourth-order valence-electron chi connectivity index (χ4n) is 4.18. The Balaban J connectivity index is 1.59. The third kappa shape index (κ3) is 6.52.